The van der Waals surface area contributed by atoms with E-state index in [1.54, 1.807) is 12.1 Å². The van der Waals surface area contributed by atoms with Gasteiger partial charge < -0.3 is 20.4 Å². The predicted octanol–water partition coefficient (Wildman–Crippen LogP) is 5.28. The summed E-state index contributed by atoms with van der Waals surface area (Å²) in [5, 5.41) is 41.4. The van der Waals surface area contributed by atoms with E-state index in [0.717, 1.165) is 11.1 Å². The molecule has 156 valence electrons. The van der Waals surface area contributed by atoms with Gasteiger partial charge in [-0.25, -0.2) is 0 Å². The molecule has 0 spiro atoms. The molecule has 0 fully saturated rings. The zero-order valence-corrected chi connectivity index (χ0v) is 17.0. The largest absolute Gasteiger partial charge is 0.508 e. The normalized spacial score (nSPS) is 10.8. The van der Waals surface area contributed by atoms with Gasteiger partial charge in [0.25, 0.3) is 0 Å². The van der Waals surface area contributed by atoms with Crippen LogP contribution in [0.1, 0.15) is 33.4 Å². The average Bonchev–Trinajstić information content (AvgIpc) is 2.76. The van der Waals surface area contributed by atoms with Crippen molar-refractivity contribution in [1.29, 1.82) is 0 Å². The van der Waals surface area contributed by atoms with E-state index in [2.05, 4.69) is 0 Å². The first-order valence-corrected chi connectivity index (χ1v) is 10.1. The third-order valence-corrected chi connectivity index (χ3v) is 5.42. The standard InChI is InChI=1S/C27H24O4/c28-24-16-26(30)22(13-20(24)11-18-7-3-1-4-8-18)15-23-14-21(25(29)17-27(23)31)12-19-9-5-2-6-10-19/h1-10,13-14,16-17,28-31H,11-12,15H2. The number of aromatic hydroxyl groups is 4. The molecule has 4 aromatic rings. The molecule has 0 unspecified atom stereocenters. The topological polar surface area (TPSA) is 80.9 Å². The first-order chi connectivity index (χ1) is 15.0. The summed E-state index contributed by atoms with van der Waals surface area (Å²) in [5.74, 6) is -0.00705. The van der Waals surface area contributed by atoms with Crippen LogP contribution in [0.2, 0.25) is 0 Å². The van der Waals surface area contributed by atoms with Gasteiger partial charge >= 0.3 is 0 Å². The van der Waals surface area contributed by atoms with Crippen molar-refractivity contribution in [3.8, 4) is 23.0 Å². The Kier molecular flexibility index (Phi) is 5.80. The van der Waals surface area contributed by atoms with Gasteiger partial charge in [0.2, 0.25) is 0 Å². The van der Waals surface area contributed by atoms with Crippen molar-refractivity contribution < 1.29 is 20.4 Å². The maximum atomic E-state index is 10.4. The Labute approximate surface area is 181 Å². The van der Waals surface area contributed by atoms with E-state index in [-0.39, 0.29) is 29.4 Å². The third kappa shape index (κ3) is 4.81. The maximum Gasteiger partial charge on any atom is 0.122 e. The summed E-state index contributed by atoms with van der Waals surface area (Å²) in [6.07, 6.45) is 1.32. The van der Waals surface area contributed by atoms with Crippen molar-refractivity contribution >= 4 is 0 Å². The van der Waals surface area contributed by atoms with Crippen molar-refractivity contribution in [1.82, 2.24) is 0 Å². The van der Waals surface area contributed by atoms with Crippen LogP contribution < -0.4 is 0 Å². The molecule has 0 heterocycles. The summed E-state index contributed by atoms with van der Waals surface area (Å²) >= 11 is 0. The molecule has 0 bridgehead atoms. The highest BCUT2D eigenvalue weighted by Crippen LogP contribution is 2.35. The van der Waals surface area contributed by atoms with Gasteiger partial charge in [0.15, 0.2) is 0 Å². The lowest BCUT2D eigenvalue weighted by atomic mass is 9.95. The van der Waals surface area contributed by atoms with E-state index in [0.29, 0.717) is 35.1 Å². The monoisotopic (exact) mass is 412 g/mol. The molecule has 0 amide bonds. The van der Waals surface area contributed by atoms with Gasteiger partial charge in [-0.3, -0.25) is 0 Å². The van der Waals surface area contributed by atoms with Crippen LogP contribution in [0.5, 0.6) is 23.0 Å². The van der Waals surface area contributed by atoms with Crippen molar-refractivity contribution in [2.45, 2.75) is 19.3 Å². The van der Waals surface area contributed by atoms with Crippen molar-refractivity contribution in [2.75, 3.05) is 0 Å². The Morgan fingerprint density at radius 2 is 0.710 bits per heavy atom. The first-order valence-electron chi connectivity index (χ1n) is 10.1. The van der Waals surface area contributed by atoms with Gasteiger partial charge in [-0.05, 0) is 45.5 Å². The fourth-order valence-corrected chi connectivity index (χ4v) is 3.75. The van der Waals surface area contributed by atoms with E-state index in [4.69, 9.17) is 0 Å². The van der Waals surface area contributed by atoms with Crippen LogP contribution in [0.4, 0.5) is 0 Å². The highest BCUT2D eigenvalue weighted by Gasteiger charge is 2.14. The van der Waals surface area contributed by atoms with E-state index < -0.39 is 0 Å². The Morgan fingerprint density at radius 1 is 0.387 bits per heavy atom. The van der Waals surface area contributed by atoms with Crippen LogP contribution in [0, 0.1) is 0 Å². The molecular formula is C27H24O4. The third-order valence-electron chi connectivity index (χ3n) is 5.42. The summed E-state index contributed by atoms with van der Waals surface area (Å²) < 4.78 is 0. The number of hydrogen-bond donors (Lipinski definition) is 4. The van der Waals surface area contributed by atoms with Crippen LogP contribution >= 0.6 is 0 Å². The van der Waals surface area contributed by atoms with Crippen LogP contribution in [0.25, 0.3) is 0 Å². The van der Waals surface area contributed by atoms with Crippen molar-refractivity contribution in [3.63, 3.8) is 0 Å². The maximum absolute atomic E-state index is 10.4. The lowest BCUT2D eigenvalue weighted by molar-refractivity contribution is 0.439. The van der Waals surface area contributed by atoms with Crippen LogP contribution in [0.15, 0.2) is 84.9 Å². The average molecular weight is 412 g/mol. The smallest absolute Gasteiger partial charge is 0.122 e. The molecule has 0 saturated carbocycles. The Hall–Kier alpha value is -3.92. The highest BCUT2D eigenvalue weighted by atomic mass is 16.3. The number of benzene rings is 4. The molecule has 0 saturated heterocycles. The SMILES string of the molecule is Oc1cc(O)c(Cc2cc(Cc3ccccc3)c(O)cc2O)cc1Cc1ccccc1. The number of phenols is 4. The number of hydrogen-bond acceptors (Lipinski definition) is 4. The van der Waals surface area contributed by atoms with Gasteiger partial charge in [-0.15, -0.1) is 0 Å². The second-order valence-corrected chi connectivity index (χ2v) is 7.72. The van der Waals surface area contributed by atoms with E-state index in [9.17, 15) is 20.4 Å². The minimum absolute atomic E-state index is 0.0322. The quantitative estimate of drug-likeness (QED) is 0.347. The van der Waals surface area contributed by atoms with E-state index in [1.165, 1.54) is 12.1 Å². The van der Waals surface area contributed by atoms with Crippen LogP contribution in [-0.4, -0.2) is 20.4 Å². The lowest BCUT2D eigenvalue weighted by Gasteiger charge is -2.14. The van der Waals surface area contributed by atoms with Crippen LogP contribution in [0.3, 0.4) is 0 Å². The zero-order chi connectivity index (χ0) is 21.8. The molecule has 4 rings (SSSR count). The molecule has 0 atom stereocenters. The van der Waals surface area contributed by atoms with Crippen molar-refractivity contribution in [2.24, 2.45) is 0 Å². The van der Waals surface area contributed by atoms with E-state index in [1.807, 2.05) is 60.7 Å². The Bertz CT molecular complexity index is 1090. The lowest BCUT2D eigenvalue weighted by Crippen LogP contribution is -1.97. The van der Waals surface area contributed by atoms with Gasteiger partial charge in [0.1, 0.15) is 23.0 Å². The highest BCUT2D eigenvalue weighted by molar-refractivity contribution is 5.52. The molecule has 4 aromatic carbocycles. The number of phenolic OH excluding ortho intramolecular Hbond substituents is 4. The summed E-state index contributed by atoms with van der Waals surface area (Å²) in [4.78, 5) is 0. The fourth-order valence-electron chi connectivity index (χ4n) is 3.75. The fraction of sp³-hybridized carbons (Fsp3) is 0.111. The molecule has 4 nitrogen and oxygen atoms in total. The van der Waals surface area contributed by atoms with Crippen LogP contribution in [-0.2, 0) is 19.3 Å². The molecule has 31 heavy (non-hydrogen) atoms. The van der Waals surface area contributed by atoms with Crippen molar-refractivity contribution in [3.05, 3.63) is 118 Å². The first kappa shape index (κ1) is 20.4. The summed E-state index contributed by atoms with van der Waals surface area (Å²) in [6, 6.07) is 25.8. The molecular weight excluding hydrogens is 388 g/mol. The van der Waals surface area contributed by atoms with E-state index >= 15 is 0 Å². The summed E-state index contributed by atoms with van der Waals surface area (Å²) in [5.41, 5.74) is 4.67. The minimum Gasteiger partial charge on any atom is -0.508 e. The Balaban J connectivity index is 1.64. The zero-order valence-electron chi connectivity index (χ0n) is 17.0. The summed E-state index contributed by atoms with van der Waals surface area (Å²) in [7, 11) is 0. The molecule has 4 N–H and O–H groups in total. The summed E-state index contributed by atoms with van der Waals surface area (Å²) in [6.45, 7) is 0. The molecule has 4 heteroatoms. The molecule has 0 radical (unpaired) electrons. The Morgan fingerprint density at radius 3 is 1.06 bits per heavy atom. The van der Waals surface area contributed by atoms with Gasteiger partial charge in [-0.2, -0.15) is 0 Å². The predicted molar refractivity (Wildman–Crippen MR) is 121 cm³/mol. The van der Waals surface area contributed by atoms with Gasteiger partial charge in [-0.1, -0.05) is 60.7 Å². The molecule has 0 aromatic heterocycles. The minimum atomic E-state index is -0.0357. The molecule has 0 aliphatic heterocycles. The molecule has 0 aliphatic rings. The second-order valence-electron chi connectivity index (χ2n) is 7.72. The van der Waals surface area contributed by atoms with Gasteiger partial charge in [0.05, 0.1) is 0 Å². The molecule has 0 aliphatic carbocycles. The number of rotatable bonds is 6. The van der Waals surface area contributed by atoms with Gasteiger partial charge in [0, 0.05) is 31.4 Å². The second kappa shape index (κ2) is 8.84.